The van der Waals surface area contributed by atoms with Crippen LogP contribution in [0.25, 0.3) is 11.1 Å². The van der Waals surface area contributed by atoms with Crippen molar-refractivity contribution in [2.24, 2.45) is 0 Å². The molecule has 1 unspecified atom stereocenters. The van der Waals surface area contributed by atoms with E-state index in [1.54, 1.807) is 6.07 Å². The maximum Gasteiger partial charge on any atom is 0.411 e. The van der Waals surface area contributed by atoms with E-state index in [4.69, 9.17) is 9.47 Å². The fourth-order valence-corrected chi connectivity index (χ4v) is 7.48. The lowest BCUT2D eigenvalue weighted by atomic mass is 9.94. The molecule has 3 heterocycles. The Balaban J connectivity index is 0.839. The van der Waals surface area contributed by atoms with Crippen molar-refractivity contribution in [2.75, 3.05) is 56.5 Å². The Morgan fingerprint density at radius 2 is 1.74 bits per heavy atom. The van der Waals surface area contributed by atoms with Gasteiger partial charge in [-0.15, -0.1) is 0 Å². The number of aliphatic hydroxyl groups is 1. The molecule has 3 amide bonds. The summed E-state index contributed by atoms with van der Waals surface area (Å²) in [7, 11) is 0. The normalized spacial score (nSPS) is 17.1. The number of aromatic hydroxyl groups is 1. The number of fused-ring (bicyclic) bond motifs is 2. The zero-order chi connectivity index (χ0) is 37.6. The van der Waals surface area contributed by atoms with Crippen LogP contribution in [0, 0.1) is 0 Å². The minimum atomic E-state index is -0.913. The van der Waals surface area contributed by atoms with Gasteiger partial charge in [-0.1, -0.05) is 60.7 Å². The molecule has 5 N–H and O–H groups in total. The Hall–Kier alpha value is -5.43. The van der Waals surface area contributed by atoms with Gasteiger partial charge in [0.2, 0.25) is 0 Å². The Labute approximate surface area is 315 Å². The number of nitrogens with zero attached hydrogens (tertiary/aromatic N) is 2. The summed E-state index contributed by atoms with van der Waals surface area (Å²) in [6.07, 6.45) is 1.47. The van der Waals surface area contributed by atoms with E-state index in [1.807, 2.05) is 78.6 Å². The van der Waals surface area contributed by atoms with Crippen LogP contribution in [-0.4, -0.2) is 95.9 Å². The fourth-order valence-electron chi connectivity index (χ4n) is 7.48. The Morgan fingerprint density at radius 1 is 0.963 bits per heavy atom. The smallest absolute Gasteiger partial charge is 0.411 e. The van der Waals surface area contributed by atoms with E-state index < -0.39 is 12.2 Å². The largest absolute Gasteiger partial charge is 0.506 e. The first-order chi connectivity index (χ1) is 26.2. The van der Waals surface area contributed by atoms with Crippen molar-refractivity contribution in [2.45, 2.75) is 50.9 Å². The number of aliphatic hydroxyl groups excluding tert-OH is 1. The third-order valence-electron chi connectivity index (χ3n) is 10.4. The van der Waals surface area contributed by atoms with Crippen LogP contribution in [0.5, 0.6) is 11.5 Å². The number of likely N-dealkylation sites (tertiary alicyclic amines) is 1. The molecule has 54 heavy (non-hydrogen) atoms. The molecular weight excluding hydrogens is 686 g/mol. The first-order valence-corrected chi connectivity index (χ1v) is 18.7. The van der Waals surface area contributed by atoms with E-state index in [0.717, 1.165) is 72.4 Å². The highest BCUT2D eigenvalue weighted by molar-refractivity contribution is 5.98. The Kier molecular flexibility index (Phi) is 11.4. The number of amides is 3. The second-order valence-corrected chi connectivity index (χ2v) is 14.3. The average molecular weight is 734 g/mol. The van der Waals surface area contributed by atoms with E-state index in [9.17, 15) is 24.6 Å². The molecule has 7 rings (SSSR count). The summed E-state index contributed by atoms with van der Waals surface area (Å²) in [6, 6.07) is 26.8. The summed E-state index contributed by atoms with van der Waals surface area (Å²) >= 11 is 0. The summed E-state index contributed by atoms with van der Waals surface area (Å²) in [6.45, 7) is 5.79. The SMILES string of the molecule is CC(Cc1ccc2c(c1)CCN(CCN1CCC(OC(=O)Nc3ccccc3-c3ccccc3)CC1)C2=O)NC[C@H](O)c1ccc(O)c2c1OCC(=O)N2. The topological polar surface area (TPSA) is 153 Å². The monoisotopic (exact) mass is 733 g/mol. The molecule has 0 aromatic heterocycles. The number of nitrogens with one attached hydrogen (secondary N) is 3. The van der Waals surface area contributed by atoms with Gasteiger partial charge in [-0.25, -0.2) is 4.79 Å². The maximum atomic E-state index is 13.5. The minimum absolute atomic E-state index is 0.0299. The van der Waals surface area contributed by atoms with Gasteiger partial charge < -0.3 is 40.1 Å². The lowest BCUT2D eigenvalue weighted by molar-refractivity contribution is -0.118. The van der Waals surface area contributed by atoms with Crippen molar-refractivity contribution in [1.82, 2.24) is 15.1 Å². The molecule has 0 aliphatic carbocycles. The van der Waals surface area contributed by atoms with E-state index in [2.05, 4.69) is 26.9 Å². The molecule has 1 fully saturated rings. The first-order valence-electron chi connectivity index (χ1n) is 18.7. The van der Waals surface area contributed by atoms with Gasteiger partial charge in [0.05, 0.1) is 11.8 Å². The summed E-state index contributed by atoms with van der Waals surface area (Å²) in [5.41, 5.74) is 6.25. The van der Waals surface area contributed by atoms with Gasteiger partial charge in [-0.05, 0) is 73.6 Å². The molecule has 4 aromatic carbocycles. The third kappa shape index (κ3) is 8.68. The minimum Gasteiger partial charge on any atom is -0.506 e. The van der Waals surface area contributed by atoms with Gasteiger partial charge >= 0.3 is 6.09 Å². The third-order valence-corrected chi connectivity index (χ3v) is 10.4. The molecule has 12 nitrogen and oxygen atoms in total. The van der Waals surface area contributed by atoms with Crippen molar-refractivity contribution < 1.29 is 34.1 Å². The van der Waals surface area contributed by atoms with Crippen molar-refractivity contribution in [3.63, 3.8) is 0 Å². The van der Waals surface area contributed by atoms with Crippen molar-refractivity contribution in [3.05, 3.63) is 107 Å². The van der Waals surface area contributed by atoms with E-state index >= 15 is 0 Å². The molecular formula is C42H47N5O7. The number of hydrogen-bond acceptors (Lipinski definition) is 9. The van der Waals surface area contributed by atoms with Gasteiger partial charge in [0.1, 0.15) is 17.5 Å². The van der Waals surface area contributed by atoms with Crippen LogP contribution in [-0.2, 0) is 22.4 Å². The molecule has 12 heteroatoms. The number of rotatable bonds is 12. The fraction of sp³-hybridized carbons (Fsp3) is 0.357. The van der Waals surface area contributed by atoms with Gasteiger partial charge in [0.15, 0.2) is 12.4 Å². The van der Waals surface area contributed by atoms with Crippen LogP contribution in [0.15, 0.2) is 84.9 Å². The molecule has 0 saturated carbocycles. The molecule has 4 aromatic rings. The molecule has 0 spiro atoms. The van der Waals surface area contributed by atoms with Crippen molar-refractivity contribution >= 4 is 29.3 Å². The van der Waals surface area contributed by atoms with Crippen molar-refractivity contribution in [3.8, 4) is 22.6 Å². The number of carbonyl (C=O) groups is 3. The second-order valence-electron chi connectivity index (χ2n) is 14.3. The number of hydrogen-bond donors (Lipinski definition) is 5. The summed E-state index contributed by atoms with van der Waals surface area (Å²) in [5, 5.41) is 29.9. The highest BCUT2D eigenvalue weighted by Gasteiger charge is 2.28. The molecule has 2 atom stereocenters. The lowest BCUT2D eigenvalue weighted by Crippen LogP contribution is -2.45. The molecule has 3 aliphatic heterocycles. The summed E-state index contributed by atoms with van der Waals surface area (Å²) in [4.78, 5) is 42.3. The highest BCUT2D eigenvalue weighted by Crippen LogP contribution is 2.41. The van der Waals surface area contributed by atoms with E-state index in [1.165, 1.54) is 6.07 Å². The number of phenols is 1. The molecule has 282 valence electrons. The molecule has 1 saturated heterocycles. The van der Waals surface area contributed by atoms with E-state index in [-0.39, 0.29) is 54.3 Å². The van der Waals surface area contributed by atoms with Gasteiger partial charge in [-0.2, -0.15) is 0 Å². The van der Waals surface area contributed by atoms with Crippen LogP contribution >= 0.6 is 0 Å². The number of anilines is 2. The number of benzene rings is 4. The van der Waals surface area contributed by atoms with Crippen LogP contribution in [0.2, 0.25) is 0 Å². The second kappa shape index (κ2) is 16.7. The van der Waals surface area contributed by atoms with E-state index in [0.29, 0.717) is 25.1 Å². The quantitative estimate of drug-likeness (QED) is 0.121. The average Bonchev–Trinajstić information content (AvgIpc) is 3.18. The predicted molar refractivity (Wildman–Crippen MR) is 206 cm³/mol. The number of phenolic OH excluding ortho intramolecular Hbond substituents is 1. The molecule has 0 bridgehead atoms. The Morgan fingerprint density at radius 3 is 2.56 bits per heavy atom. The van der Waals surface area contributed by atoms with Crippen LogP contribution < -0.4 is 20.7 Å². The number of carbonyl (C=O) groups excluding carboxylic acids is 3. The van der Waals surface area contributed by atoms with Gasteiger partial charge in [-0.3, -0.25) is 14.9 Å². The first kappa shape index (κ1) is 36.9. The predicted octanol–water partition coefficient (Wildman–Crippen LogP) is 5.36. The van der Waals surface area contributed by atoms with Crippen LogP contribution in [0.4, 0.5) is 16.2 Å². The lowest BCUT2D eigenvalue weighted by Gasteiger charge is -2.34. The highest BCUT2D eigenvalue weighted by atomic mass is 16.6. The van der Waals surface area contributed by atoms with Gasteiger partial charge in [0, 0.05) is 62.0 Å². The number of para-hydroxylation sites is 1. The maximum absolute atomic E-state index is 13.5. The zero-order valence-corrected chi connectivity index (χ0v) is 30.4. The standard InChI is InChI=1S/C42H47N5O7/c1-27(43-25-37(49)34-13-14-36(48)39-40(34)53-26-38(50)45-39)23-28-11-12-33-30(24-28)15-20-47(41(33)51)22-21-46-18-16-31(17-19-46)54-42(52)44-35-10-6-5-9-32(35)29-7-3-2-4-8-29/h2-14,24,27,31,37,43,48-49H,15-23,25-26H2,1H3,(H,44,52)(H,45,50)/t27?,37-/m0/s1. The molecule has 3 aliphatic rings. The Bertz CT molecular complexity index is 1980. The van der Waals surface area contributed by atoms with Gasteiger partial charge in [0.25, 0.3) is 11.8 Å². The summed E-state index contributed by atoms with van der Waals surface area (Å²) in [5.74, 6) is -0.140. The van der Waals surface area contributed by atoms with Crippen molar-refractivity contribution in [1.29, 1.82) is 0 Å². The zero-order valence-electron chi connectivity index (χ0n) is 30.4. The number of ether oxygens (including phenoxy) is 2. The van der Waals surface area contributed by atoms with Crippen LogP contribution in [0.1, 0.15) is 52.9 Å². The number of piperidine rings is 1. The van der Waals surface area contributed by atoms with Crippen LogP contribution in [0.3, 0.4) is 0 Å². The molecule has 0 radical (unpaired) electrons. The summed E-state index contributed by atoms with van der Waals surface area (Å²) < 4.78 is 11.3.